The molecular weight excluding hydrogens is 235 g/mol. The number of carbonyl (C=O) groups excluding carboxylic acids is 1. The van der Waals surface area contributed by atoms with E-state index in [-0.39, 0.29) is 18.2 Å². The van der Waals surface area contributed by atoms with Gasteiger partial charge in [-0.2, -0.15) is 0 Å². The topological polar surface area (TPSA) is 46.5 Å². The van der Waals surface area contributed by atoms with Gasteiger partial charge in [0.05, 0.1) is 13.7 Å². The minimum Gasteiger partial charge on any atom is -0.496 e. The average Bonchev–Trinajstić information content (AvgIpc) is 2.40. The Morgan fingerprint density at radius 1 is 1.39 bits per heavy atom. The molecule has 1 aromatic carbocycles. The van der Waals surface area contributed by atoms with E-state index in [1.807, 2.05) is 0 Å². The highest BCUT2D eigenvalue weighted by molar-refractivity contribution is 5.79. The van der Waals surface area contributed by atoms with Crippen molar-refractivity contribution in [2.45, 2.75) is 31.1 Å². The third kappa shape index (κ3) is 2.12. The van der Waals surface area contributed by atoms with Crippen molar-refractivity contribution < 1.29 is 19.0 Å². The van der Waals surface area contributed by atoms with Gasteiger partial charge in [-0.05, 0) is 25.0 Å². The molecule has 0 unspecified atom stereocenters. The van der Waals surface area contributed by atoms with E-state index in [0.717, 1.165) is 0 Å². The van der Waals surface area contributed by atoms with E-state index in [1.54, 1.807) is 12.1 Å². The lowest BCUT2D eigenvalue weighted by Crippen LogP contribution is -2.36. The number of halogens is 1. The fourth-order valence-electron chi connectivity index (χ4n) is 2.68. The van der Waals surface area contributed by atoms with Crippen molar-refractivity contribution in [1.29, 1.82) is 0 Å². The van der Waals surface area contributed by atoms with Gasteiger partial charge in [-0.25, -0.2) is 4.39 Å². The smallest absolute Gasteiger partial charge is 0.132 e. The van der Waals surface area contributed by atoms with Crippen LogP contribution in [0.4, 0.5) is 4.39 Å². The lowest BCUT2D eigenvalue weighted by atomic mass is 9.69. The summed E-state index contributed by atoms with van der Waals surface area (Å²) >= 11 is 0. The zero-order chi connectivity index (χ0) is 13.2. The number of rotatable bonds is 3. The first-order valence-electron chi connectivity index (χ1n) is 6.08. The number of carbonyl (C=O) groups is 1. The van der Waals surface area contributed by atoms with Crippen molar-refractivity contribution in [3.63, 3.8) is 0 Å². The molecule has 0 heterocycles. The lowest BCUT2D eigenvalue weighted by Gasteiger charge is -2.36. The average molecular weight is 252 g/mol. The molecule has 0 radical (unpaired) electrons. The van der Waals surface area contributed by atoms with Gasteiger partial charge < -0.3 is 9.84 Å². The van der Waals surface area contributed by atoms with Gasteiger partial charge in [0.2, 0.25) is 0 Å². The predicted octanol–water partition coefficient (Wildman–Crippen LogP) is 2.21. The molecule has 2 rings (SSSR count). The molecule has 1 aliphatic carbocycles. The van der Waals surface area contributed by atoms with Crippen molar-refractivity contribution in [2.24, 2.45) is 0 Å². The van der Waals surface area contributed by atoms with Gasteiger partial charge >= 0.3 is 0 Å². The van der Waals surface area contributed by atoms with Crippen LogP contribution in [0.1, 0.15) is 31.2 Å². The van der Waals surface area contributed by atoms with Crippen LogP contribution in [0.5, 0.6) is 5.75 Å². The summed E-state index contributed by atoms with van der Waals surface area (Å²) in [7, 11) is 1.48. The number of benzene rings is 1. The Balaban J connectivity index is 2.47. The first-order valence-corrected chi connectivity index (χ1v) is 6.08. The Morgan fingerprint density at radius 2 is 2.06 bits per heavy atom. The summed E-state index contributed by atoms with van der Waals surface area (Å²) in [5, 5.41) is 9.69. The van der Waals surface area contributed by atoms with Crippen LogP contribution in [-0.2, 0) is 10.2 Å². The van der Waals surface area contributed by atoms with Crippen LogP contribution in [0.25, 0.3) is 0 Å². The monoisotopic (exact) mass is 252 g/mol. The van der Waals surface area contributed by atoms with Crippen molar-refractivity contribution in [3.05, 3.63) is 29.6 Å². The standard InChI is InChI=1S/C14H17FO3/c1-18-12-4-2-3-11(15)13(12)14(9-16)7-5-10(17)6-8-14/h2-4,16H,5-9H2,1H3. The van der Waals surface area contributed by atoms with E-state index in [0.29, 0.717) is 37.0 Å². The molecule has 1 saturated carbocycles. The van der Waals surface area contributed by atoms with E-state index in [9.17, 15) is 14.3 Å². The molecule has 0 aromatic heterocycles. The van der Waals surface area contributed by atoms with E-state index in [2.05, 4.69) is 0 Å². The maximum absolute atomic E-state index is 14.1. The molecule has 0 aliphatic heterocycles. The summed E-state index contributed by atoms with van der Waals surface area (Å²) in [6.07, 6.45) is 1.72. The molecule has 3 nitrogen and oxygen atoms in total. The fourth-order valence-corrected chi connectivity index (χ4v) is 2.68. The van der Waals surface area contributed by atoms with Gasteiger partial charge in [0.15, 0.2) is 0 Å². The molecular formula is C14H17FO3. The van der Waals surface area contributed by atoms with Crippen molar-refractivity contribution in [3.8, 4) is 5.75 Å². The van der Waals surface area contributed by atoms with Crippen LogP contribution in [0.15, 0.2) is 18.2 Å². The summed E-state index contributed by atoms with van der Waals surface area (Å²) in [6.45, 7) is -0.169. The largest absolute Gasteiger partial charge is 0.496 e. The summed E-state index contributed by atoms with van der Waals surface area (Å²) in [6, 6.07) is 4.63. The van der Waals surface area contributed by atoms with Gasteiger partial charge in [-0.3, -0.25) is 4.79 Å². The minimum absolute atomic E-state index is 0.169. The highest BCUT2D eigenvalue weighted by atomic mass is 19.1. The fraction of sp³-hybridized carbons (Fsp3) is 0.500. The first-order chi connectivity index (χ1) is 8.63. The van der Waals surface area contributed by atoms with Gasteiger partial charge in [0, 0.05) is 23.8 Å². The molecule has 0 amide bonds. The molecule has 0 bridgehead atoms. The van der Waals surface area contributed by atoms with Gasteiger partial charge in [0.25, 0.3) is 0 Å². The maximum Gasteiger partial charge on any atom is 0.132 e. The number of methoxy groups -OCH3 is 1. The summed E-state index contributed by atoms with van der Waals surface area (Å²) in [5.74, 6) is 0.241. The highest BCUT2D eigenvalue weighted by Crippen LogP contribution is 2.43. The quantitative estimate of drug-likeness (QED) is 0.897. The van der Waals surface area contributed by atoms with Gasteiger partial charge in [-0.15, -0.1) is 0 Å². The lowest BCUT2D eigenvalue weighted by molar-refractivity contribution is -0.121. The van der Waals surface area contributed by atoms with Crippen molar-refractivity contribution in [2.75, 3.05) is 13.7 Å². The van der Waals surface area contributed by atoms with Gasteiger partial charge in [0.1, 0.15) is 17.3 Å². The summed E-state index contributed by atoms with van der Waals surface area (Å²) < 4.78 is 19.3. The molecule has 0 atom stereocenters. The molecule has 98 valence electrons. The highest BCUT2D eigenvalue weighted by Gasteiger charge is 2.39. The Hall–Kier alpha value is -1.42. The van der Waals surface area contributed by atoms with Crippen LogP contribution in [0, 0.1) is 5.82 Å². The first kappa shape index (κ1) is 13.0. The second-order valence-electron chi connectivity index (χ2n) is 4.79. The van der Waals surface area contributed by atoms with Crippen LogP contribution in [0.2, 0.25) is 0 Å². The summed E-state index contributed by atoms with van der Waals surface area (Å²) in [4.78, 5) is 11.3. The minimum atomic E-state index is -0.690. The normalized spacial score (nSPS) is 18.7. The molecule has 1 aliphatic rings. The molecule has 1 N–H and O–H groups in total. The van der Waals surface area contributed by atoms with Crippen LogP contribution in [0.3, 0.4) is 0 Å². The number of ether oxygens (including phenoxy) is 1. The SMILES string of the molecule is COc1cccc(F)c1C1(CO)CCC(=O)CC1. The van der Waals surface area contributed by atoms with Crippen molar-refractivity contribution in [1.82, 2.24) is 0 Å². The second kappa shape index (κ2) is 5.06. The zero-order valence-electron chi connectivity index (χ0n) is 10.4. The van der Waals surface area contributed by atoms with Gasteiger partial charge in [-0.1, -0.05) is 6.07 Å². The summed E-state index contributed by atoms with van der Waals surface area (Å²) in [5.41, 5.74) is -0.285. The van der Waals surface area contributed by atoms with Crippen molar-refractivity contribution >= 4 is 5.78 Å². The van der Waals surface area contributed by atoms with E-state index >= 15 is 0 Å². The number of aliphatic hydroxyl groups excluding tert-OH is 1. The third-order valence-electron chi connectivity index (χ3n) is 3.79. The van der Waals surface area contributed by atoms with Crippen LogP contribution < -0.4 is 4.74 Å². The number of hydrogen-bond acceptors (Lipinski definition) is 3. The predicted molar refractivity (Wildman–Crippen MR) is 65.2 cm³/mol. The van der Waals surface area contributed by atoms with E-state index in [1.165, 1.54) is 13.2 Å². The molecule has 18 heavy (non-hydrogen) atoms. The zero-order valence-corrected chi connectivity index (χ0v) is 10.4. The number of Topliss-reactive ketones (excluding diaryl/α,β-unsaturated/α-hetero) is 1. The Bertz CT molecular complexity index is 446. The number of hydrogen-bond donors (Lipinski definition) is 1. The molecule has 1 fully saturated rings. The molecule has 0 spiro atoms. The molecule has 0 saturated heterocycles. The van der Waals surface area contributed by atoms with Crippen LogP contribution in [-0.4, -0.2) is 24.6 Å². The second-order valence-corrected chi connectivity index (χ2v) is 4.79. The molecule has 4 heteroatoms. The number of ketones is 1. The Labute approximate surface area is 106 Å². The van der Waals surface area contributed by atoms with Crippen LogP contribution >= 0.6 is 0 Å². The Morgan fingerprint density at radius 3 is 2.61 bits per heavy atom. The molecule has 1 aromatic rings. The van der Waals surface area contributed by atoms with E-state index < -0.39 is 5.41 Å². The Kier molecular flexibility index (Phi) is 3.66. The van der Waals surface area contributed by atoms with E-state index in [4.69, 9.17) is 4.74 Å². The maximum atomic E-state index is 14.1. The third-order valence-corrected chi connectivity index (χ3v) is 3.79. The number of aliphatic hydroxyl groups is 1.